The molecule has 102 valence electrons. The van der Waals surface area contributed by atoms with E-state index in [-0.39, 0.29) is 23.8 Å². The molecule has 6 nitrogen and oxygen atoms in total. The van der Waals surface area contributed by atoms with E-state index in [1.165, 1.54) is 0 Å². The third-order valence-electron chi connectivity index (χ3n) is 4.01. The second-order valence-corrected chi connectivity index (χ2v) is 5.20. The number of carboxylic acid groups (broad SMARTS) is 1. The molecule has 18 heavy (non-hydrogen) atoms. The van der Waals surface area contributed by atoms with Gasteiger partial charge in [0.25, 0.3) is 0 Å². The van der Waals surface area contributed by atoms with Crippen molar-refractivity contribution in [1.82, 2.24) is 10.2 Å². The van der Waals surface area contributed by atoms with Crippen molar-refractivity contribution in [1.29, 1.82) is 0 Å². The van der Waals surface area contributed by atoms with Gasteiger partial charge < -0.3 is 20.1 Å². The van der Waals surface area contributed by atoms with Crippen LogP contribution in [0.5, 0.6) is 0 Å². The highest BCUT2D eigenvalue weighted by molar-refractivity contribution is 5.82. The molecule has 0 spiro atoms. The Kier molecular flexibility index (Phi) is 3.87. The average Bonchev–Trinajstić information content (AvgIpc) is 2.93. The number of hydrogen-bond acceptors (Lipinski definition) is 4. The molecule has 4 atom stereocenters. The molecule has 0 aliphatic carbocycles. The van der Waals surface area contributed by atoms with Crippen LogP contribution < -0.4 is 5.32 Å². The quantitative estimate of drug-likeness (QED) is 0.705. The first-order valence-electron chi connectivity index (χ1n) is 6.31. The van der Waals surface area contributed by atoms with Crippen molar-refractivity contribution in [3.05, 3.63) is 0 Å². The third-order valence-corrected chi connectivity index (χ3v) is 4.01. The van der Waals surface area contributed by atoms with Gasteiger partial charge in [0.2, 0.25) is 5.91 Å². The summed E-state index contributed by atoms with van der Waals surface area (Å²) in [6.45, 7) is 3.70. The Bertz CT molecular complexity index is 347. The zero-order chi connectivity index (χ0) is 13.3. The molecule has 2 aliphatic rings. The van der Waals surface area contributed by atoms with E-state index in [1.807, 2.05) is 14.0 Å². The van der Waals surface area contributed by atoms with Crippen LogP contribution in [0.4, 0.5) is 0 Å². The number of ether oxygens (including phenoxy) is 1. The lowest BCUT2D eigenvalue weighted by Gasteiger charge is -2.23. The van der Waals surface area contributed by atoms with Crippen LogP contribution in [0.3, 0.4) is 0 Å². The molecule has 2 N–H and O–H groups in total. The molecule has 0 aromatic heterocycles. The number of hydrogen-bond donors (Lipinski definition) is 2. The number of carbonyl (C=O) groups excluding carboxylic acids is 1. The molecule has 0 radical (unpaired) electrons. The number of likely N-dealkylation sites (N-methyl/N-ethyl adjacent to an activating group) is 1. The second kappa shape index (κ2) is 5.24. The van der Waals surface area contributed by atoms with Gasteiger partial charge in [0.1, 0.15) is 0 Å². The minimum Gasteiger partial charge on any atom is -0.481 e. The topological polar surface area (TPSA) is 78.9 Å². The summed E-state index contributed by atoms with van der Waals surface area (Å²) in [5.41, 5.74) is 0. The van der Waals surface area contributed by atoms with Crippen LogP contribution in [-0.2, 0) is 14.3 Å². The number of carbonyl (C=O) groups is 2. The molecule has 2 rings (SSSR count). The molecule has 2 saturated heterocycles. The lowest BCUT2D eigenvalue weighted by atomic mass is 9.99. The van der Waals surface area contributed by atoms with Crippen molar-refractivity contribution in [3.8, 4) is 0 Å². The normalized spacial score (nSPS) is 36.0. The van der Waals surface area contributed by atoms with Crippen molar-refractivity contribution >= 4 is 11.9 Å². The first kappa shape index (κ1) is 13.3. The summed E-state index contributed by atoms with van der Waals surface area (Å²) < 4.78 is 5.32. The van der Waals surface area contributed by atoms with Gasteiger partial charge in [-0.15, -0.1) is 0 Å². The van der Waals surface area contributed by atoms with Gasteiger partial charge in [0.15, 0.2) is 0 Å². The fourth-order valence-corrected chi connectivity index (χ4v) is 2.78. The third kappa shape index (κ3) is 2.35. The fraction of sp³-hybridized carbons (Fsp3) is 0.833. The molecule has 2 fully saturated rings. The van der Waals surface area contributed by atoms with Crippen molar-refractivity contribution in [2.45, 2.75) is 13.0 Å². The summed E-state index contributed by atoms with van der Waals surface area (Å²) in [4.78, 5) is 25.1. The number of nitrogens with one attached hydrogen (secondary N) is 1. The lowest BCUT2D eigenvalue weighted by molar-refractivity contribution is -0.142. The van der Waals surface area contributed by atoms with Gasteiger partial charge >= 0.3 is 5.97 Å². The van der Waals surface area contributed by atoms with E-state index in [0.29, 0.717) is 26.3 Å². The first-order chi connectivity index (χ1) is 8.54. The van der Waals surface area contributed by atoms with E-state index in [2.05, 4.69) is 5.32 Å². The van der Waals surface area contributed by atoms with Crippen LogP contribution >= 0.6 is 0 Å². The summed E-state index contributed by atoms with van der Waals surface area (Å²) in [6.07, 6.45) is 0. The number of carboxylic acids is 1. The Labute approximate surface area is 106 Å². The lowest BCUT2D eigenvalue weighted by Crippen LogP contribution is -2.44. The predicted molar refractivity (Wildman–Crippen MR) is 64.0 cm³/mol. The number of rotatable bonds is 3. The molecular formula is C12H20N2O4. The maximum absolute atomic E-state index is 12.3. The van der Waals surface area contributed by atoms with E-state index < -0.39 is 11.9 Å². The Morgan fingerprint density at radius 1 is 1.28 bits per heavy atom. The van der Waals surface area contributed by atoms with Crippen molar-refractivity contribution in [2.75, 3.05) is 33.4 Å². The number of aliphatic carboxylic acids is 1. The average molecular weight is 256 g/mol. The number of likely N-dealkylation sites (tertiary alicyclic amines) is 1. The van der Waals surface area contributed by atoms with Crippen LogP contribution in [0.1, 0.15) is 6.92 Å². The maximum atomic E-state index is 12.3. The second-order valence-electron chi connectivity index (χ2n) is 5.20. The number of nitrogens with zero attached hydrogens (tertiary/aromatic N) is 1. The van der Waals surface area contributed by atoms with Crippen LogP contribution in [0.2, 0.25) is 0 Å². The first-order valence-corrected chi connectivity index (χ1v) is 6.31. The Morgan fingerprint density at radius 2 is 2.00 bits per heavy atom. The summed E-state index contributed by atoms with van der Waals surface area (Å²) >= 11 is 0. The zero-order valence-corrected chi connectivity index (χ0v) is 10.8. The molecule has 0 aromatic rings. The van der Waals surface area contributed by atoms with Crippen LogP contribution in [0.25, 0.3) is 0 Å². The largest absolute Gasteiger partial charge is 0.481 e. The highest BCUT2D eigenvalue weighted by Gasteiger charge is 2.42. The fourth-order valence-electron chi connectivity index (χ4n) is 2.78. The number of amides is 1. The van der Waals surface area contributed by atoms with Gasteiger partial charge in [-0.1, -0.05) is 6.92 Å². The van der Waals surface area contributed by atoms with E-state index in [0.717, 1.165) is 0 Å². The summed E-state index contributed by atoms with van der Waals surface area (Å²) in [5.74, 6) is -1.41. The Hall–Kier alpha value is -1.14. The zero-order valence-electron chi connectivity index (χ0n) is 10.8. The van der Waals surface area contributed by atoms with Crippen molar-refractivity contribution < 1.29 is 19.4 Å². The van der Waals surface area contributed by atoms with Gasteiger partial charge in [-0.25, -0.2) is 0 Å². The summed E-state index contributed by atoms with van der Waals surface area (Å²) in [6, 6.07) is 0.0386. The van der Waals surface area contributed by atoms with Crippen LogP contribution in [0.15, 0.2) is 0 Å². The smallest absolute Gasteiger partial charge is 0.308 e. The maximum Gasteiger partial charge on any atom is 0.308 e. The van der Waals surface area contributed by atoms with E-state index in [9.17, 15) is 9.59 Å². The minimum atomic E-state index is -0.814. The summed E-state index contributed by atoms with van der Waals surface area (Å²) in [7, 11) is 1.81. The SMILES string of the molecule is CNC1COCC1C(=O)N1C[C@@H](C)[C@H](C(=O)O)C1. The molecule has 6 heteroatoms. The van der Waals surface area contributed by atoms with E-state index in [1.54, 1.807) is 4.90 Å². The molecule has 0 bridgehead atoms. The molecular weight excluding hydrogens is 236 g/mol. The van der Waals surface area contributed by atoms with Crippen molar-refractivity contribution in [3.63, 3.8) is 0 Å². The van der Waals surface area contributed by atoms with Gasteiger partial charge in [-0.2, -0.15) is 0 Å². The van der Waals surface area contributed by atoms with Crippen molar-refractivity contribution in [2.24, 2.45) is 17.8 Å². The minimum absolute atomic E-state index is 0.0156. The summed E-state index contributed by atoms with van der Waals surface area (Å²) in [5, 5.41) is 12.1. The highest BCUT2D eigenvalue weighted by atomic mass is 16.5. The van der Waals surface area contributed by atoms with Gasteiger partial charge in [0, 0.05) is 19.1 Å². The Morgan fingerprint density at radius 3 is 2.56 bits per heavy atom. The van der Waals surface area contributed by atoms with Gasteiger partial charge in [-0.05, 0) is 13.0 Å². The predicted octanol–water partition coefficient (Wildman–Crippen LogP) is -0.600. The molecule has 0 aromatic carbocycles. The highest BCUT2D eigenvalue weighted by Crippen LogP contribution is 2.26. The molecule has 0 saturated carbocycles. The molecule has 1 amide bonds. The van der Waals surface area contributed by atoms with Crippen LogP contribution in [-0.4, -0.2) is 61.3 Å². The molecule has 2 heterocycles. The molecule has 2 unspecified atom stereocenters. The van der Waals surface area contributed by atoms with Gasteiger partial charge in [-0.3, -0.25) is 9.59 Å². The van der Waals surface area contributed by atoms with E-state index >= 15 is 0 Å². The molecule has 2 aliphatic heterocycles. The van der Waals surface area contributed by atoms with E-state index in [4.69, 9.17) is 9.84 Å². The van der Waals surface area contributed by atoms with Crippen LogP contribution in [0, 0.1) is 17.8 Å². The monoisotopic (exact) mass is 256 g/mol. The standard InChI is InChI=1S/C12H20N2O4/c1-7-3-14(4-8(7)12(16)17)11(15)9-5-18-6-10(9)13-2/h7-10,13H,3-6H2,1-2H3,(H,16,17)/t7-,8-,9?,10?/m1/s1. The van der Waals surface area contributed by atoms with Gasteiger partial charge in [0.05, 0.1) is 25.0 Å². The Balaban J connectivity index is 2.00.